The van der Waals surface area contributed by atoms with Gasteiger partial charge in [-0.2, -0.15) is 0 Å². The number of imide groups is 1. The predicted molar refractivity (Wildman–Crippen MR) is 94.0 cm³/mol. The molecule has 0 aromatic heterocycles. The zero-order valence-corrected chi connectivity index (χ0v) is 15.7. The van der Waals surface area contributed by atoms with Crippen molar-refractivity contribution in [2.45, 2.75) is 19.6 Å². The highest BCUT2D eigenvalue weighted by Crippen LogP contribution is 2.60. The zero-order chi connectivity index (χ0) is 19.1. The second-order valence-electron chi connectivity index (χ2n) is 5.75. The van der Waals surface area contributed by atoms with Gasteiger partial charge in [0.2, 0.25) is 11.8 Å². The van der Waals surface area contributed by atoms with Gasteiger partial charge in [-0.25, -0.2) is 9.29 Å². The van der Waals surface area contributed by atoms with E-state index < -0.39 is 42.8 Å². The minimum atomic E-state index is -3.72. The molecule has 3 atom stereocenters. The van der Waals surface area contributed by atoms with Gasteiger partial charge in [0.1, 0.15) is 5.82 Å². The van der Waals surface area contributed by atoms with Crippen LogP contribution in [0.1, 0.15) is 13.8 Å². The Morgan fingerprint density at radius 2 is 1.88 bits per heavy atom. The van der Waals surface area contributed by atoms with E-state index in [4.69, 9.17) is 20.6 Å². The Kier molecular flexibility index (Phi) is 5.30. The van der Waals surface area contributed by atoms with Crippen LogP contribution in [-0.4, -0.2) is 37.0 Å². The Morgan fingerprint density at radius 1 is 1.23 bits per heavy atom. The number of hydrogen-bond donors (Lipinski definition) is 0. The highest BCUT2D eigenvalue weighted by Gasteiger charge is 2.59. The molecule has 2 aliphatic heterocycles. The van der Waals surface area contributed by atoms with Crippen molar-refractivity contribution in [2.24, 2.45) is 16.8 Å². The molecule has 7 nitrogen and oxygen atoms in total. The van der Waals surface area contributed by atoms with Crippen molar-refractivity contribution < 1.29 is 27.6 Å². The summed E-state index contributed by atoms with van der Waals surface area (Å²) in [7, 11) is -3.72. The smallest absolute Gasteiger partial charge is 0.307 e. The maximum atomic E-state index is 13.4. The summed E-state index contributed by atoms with van der Waals surface area (Å²) in [6, 6.07) is 3.56. The molecular formula is C16H17ClFN2O5P. The number of halogens is 2. The van der Waals surface area contributed by atoms with Crippen molar-refractivity contribution in [3.05, 3.63) is 29.0 Å². The third kappa shape index (κ3) is 3.01. The molecule has 2 heterocycles. The fraction of sp³-hybridized carbons (Fsp3) is 0.438. The van der Waals surface area contributed by atoms with Crippen molar-refractivity contribution in [2.75, 3.05) is 18.1 Å². The molecule has 0 spiro atoms. The largest absolute Gasteiger partial charge is 0.355 e. The van der Waals surface area contributed by atoms with Gasteiger partial charge < -0.3 is 9.05 Å². The van der Waals surface area contributed by atoms with Crippen LogP contribution in [-0.2, 0) is 23.2 Å². The van der Waals surface area contributed by atoms with Crippen LogP contribution in [0.5, 0.6) is 0 Å². The van der Waals surface area contributed by atoms with Gasteiger partial charge in [0.25, 0.3) is 0 Å². The van der Waals surface area contributed by atoms with E-state index in [0.29, 0.717) is 0 Å². The number of hydrogen-bond acceptors (Lipinski definition) is 6. The fourth-order valence-corrected chi connectivity index (χ4v) is 5.39. The maximum Gasteiger partial charge on any atom is 0.355 e. The van der Waals surface area contributed by atoms with Gasteiger partial charge >= 0.3 is 7.60 Å². The van der Waals surface area contributed by atoms with Crippen molar-refractivity contribution >= 4 is 42.9 Å². The molecule has 1 saturated heterocycles. The van der Waals surface area contributed by atoms with Crippen LogP contribution in [0.4, 0.5) is 10.1 Å². The Morgan fingerprint density at radius 3 is 2.46 bits per heavy atom. The molecular weight excluding hydrogens is 386 g/mol. The zero-order valence-electron chi connectivity index (χ0n) is 14.1. The van der Waals surface area contributed by atoms with Crippen LogP contribution in [0, 0.1) is 17.7 Å². The minimum absolute atomic E-state index is 0.111. The Hall–Kier alpha value is -1.60. The molecule has 0 N–H and O–H groups in total. The van der Waals surface area contributed by atoms with Crippen molar-refractivity contribution in [3.8, 4) is 0 Å². The minimum Gasteiger partial charge on any atom is -0.307 e. The lowest BCUT2D eigenvalue weighted by Crippen LogP contribution is -2.33. The first-order valence-corrected chi connectivity index (χ1v) is 10.1. The fourth-order valence-electron chi connectivity index (χ4n) is 3.16. The summed E-state index contributed by atoms with van der Waals surface area (Å²) >= 11 is 5.76. The lowest BCUT2D eigenvalue weighted by atomic mass is 9.99. The molecule has 3 unspecified atom stereocenters. The number of fused-ring (bicyclic) bond motifs is 1. The van der Waals surface area contributed by atoms with Gasteiger partial charge in [0, 0.05) is 6.21 Å². The number of amides is 2. The first-order chi connectivity index (χ1) is 12.3. The molecule has 1 fully saturated rings. The van der Waals surface area contributed by atoms with Crippen LogP contribution in [0.3, 0.4) is 0 Å². The molecule has 3 rings (SSSR count). The van der Waals surface area contributed by atoms with Crippen LogP contribution in [0.15, 0.2) is 23.2 Å². The molecule has 10 heteroatoms. The molecule has 0 radical (unpaired) electrons. The highest BCUT2D eigenvalue weighted by atomic mass is 35.5. The third-order valence-electron chi connectivity index (χ3n) is 4.22. The number of nitrogens with zero attached hydrogens (tertiary/aromatic N) is 2. The van der Waals surface area contributed by atoms with E-state index in [-0.39, 0.29) is 23.9 Å². The lowest BCUT2D eigenvalue weighted by molar-refractivity contribution is -0.122. The monoisotopic (exact) mass is 402 g/mol. The van der Waals surface area contributed by atoms with Gasteiger partial charge in [-0.15, -0.1) is 0 Å². The third-order valence-corrected chi connectivity index (χ3v) is 6.85. The van der Waals surface area contributed by atoms with E-state index >= 15 is 0 Å². The average Bonchev–Trinajstić information content (AvgIpc) is 3.12. The molecule has 1 aromatic rings. The molecule has 1 aromatic carbocycles. The molecule has 140 valence electrons. The molecule has 0 aliphatic carbocycles. The summed E-state index contributed by atoms with van der Waals surface area (Å²) in [5.74, 6) is -4.74. The molecule has 0 bridgehead atoms. The van der Waals surface area contributed by atoms with Crippen molar-refractivity contribution in [3.63, 3.8) is 0 Å². The number of carbonyl (C=O) groups is 2. The number of aliphatic imine (C=N–C) groups is 1. The van der Waals surface area contributed by atoms with E-state index in [9.17, 15) is 18.5 Å². The van der Waals surface area contributed by atoms with Crippen molar-refractivity contribution in [1.82, 2.24) is 0 Å². The Labute approximate surface area is 154 Å². The summed E-state index contributed by atoms with van der Waals surface area (Å²) in [6.07, 6.45) is 1.31. The van der Waals surface area contributed by atoms with E-state index in [1.54, 1.807) is 13.8 Å². The predicted octanol–water partition coefficient (Wildman–Crippen LogP) is 3.26. The van der Waals surface area contributed by atoms with Gasteiger partial charge in [-0.05, 0) is 32.0 Å². The SMILES string of the molecule is CCOP(=O)(OCC)C1N=CC2C(=O)N(c3ccc(F)c(Cl)c3)C(=O)C21. The topological polar surface area (TPSA) is 85.3 Å². The van der Waals surface area contributed by atoms with Crippen LogP contribution < -0.4 is 4.90 Å². The summed E-state index contributed by atoms with van der Waals surface area (Å²) in [4.78, 5) is 30.6. The summed E-state index contributed by atoms with van der Waals surface area (Å²) in [5.41, 5.74) is 0.149. The molecule has 26 heavy (non-hydrogen) atoms. The van der Waals surface area contributed by atoms with Gasteiger partial charge in [0.05, 0.1) is 35.8 Å². The van der Waals surface area contributed by atoms with Crippen molar-refractivity contribution in [1.29, 1.82) is 0 Å². The number of benzene rings is 1. The number of rotatable bonds is 6. The standard InChI is InChI=1S/C16H17ClFN2O5P/c1-3-24-26(23,25-4-2)14-13-10(8-19-14)15(21)20(16(13)22)9-5-6-12(18)11(17)7-9/h5-8,10,13-14H,3-4H2,1-2H3. The van der Waals surface area contributed by atoms with Crippen LogP contribution in [0.2, 0.25) is 5.02 Å². The lowest BCUT2D eigenvalue weighted by Gasteiger charge is -2.25. The van der Waals surface area contributed by atoms with E-state index in [1.807, 2.05) is 0 Å². The summed E-state index contributed by atoms with van der Waals surface area (Å²) in [5, 5.41) is -0.209. The average molecular weight is 403 g/mol. The molecule has 0 saturated carbocycles. The van der Waals surface area contributed by atoms with E-state index in [0.717, 1.165) is 11.0 Å². The Balaban J connectivity index is 1.96. The first-order valence-electron chi connectivity index (χ1n) is 8.09. The Bertz CT molecular complexity index is 823. The normalized spacial score (nSPS) is 25.2. The maximum absolute atomic E-state index is 13.4. The molecule has 2 amide bonds. The summed E-state index contributed by atoms with van der Waals surface area (Å²) in [6.45, 7) is 3.52. The van der Waals surface area contributed by atoms with Gasteiger partial charge in [-0.1, -0.05) is 11.6 Å². The number of carbonyl (C=O) groups excluding carboxylic acids is 2. The quantitative estimate of drug-likeness (QED) is 0.538. The van der Waals surface area contributed by atoms with Crippen LogP contribution in [0.25, 0.3) is 0 Å². The van der Waals surface area contributed by atoms with E-state index in [1.165, 1.54) is 18.3 Å². The van der Waals surface area contributed by atoms with Gasteiger partial charge in [-0.3, -0.25) is 19.1 Å². The first kappa shape index (κ1) is 19.2. The van der Waals surface area contributed by atoms with Crippen LogP contribution >= 0.6 is 19.2 Å². The second-order valence-corrected chi connectivity index (χ2v) is 8.28. The molecule has 2 aliphatic rings. The number of anilines is 1. The summed E-state index contributed by atoms with van der Waals surface area (Å²) < 4.78 is 37.0. The second kappa shape index (κ2) is 7.19. The van der Waals surface area contributed by atoms with E-state index in [2.05, 4.69) is 4.99 Å². The highest BCUT2D eigenvalue weighted by molar-refractivity contribution is 7.54. The van der Waals surface area contributed by atoms with Gasteiger partial charge in [0.15, 0.2) is 5.78 Å².